The molecule has 0 atom stereocenters. The number of hydrogen-bond donors (Lipinski definition) is 1. The van der Waals surface area contributed by atoms with Crippen LogP contribution >= 0.6 is 11.6 Å². The summed E-state index contributed by atoms with van der Waals surface area (Å²) >= 11 is 5.71. The minimum atomic E-state index is -0.401. The lowest BCUT2D eigenvalue weighted by atomic mass is 9.73. The summed E-state index contributed by atoms with van der Waals surface area (Å²) in [7, 11) is 0. The second kappa shape index (κ2) is 5.02. The van der Waals surface area contributed by atoms with E-state index in [1.165, 1.54) is 6.07 Å². The van der Waals surface area contributed by atoms with E-state index in [1.54, 1.807) is 6.07 Å². The number of rotatable bonds is 2. The molecule has 1 aliphatic rings. The maximum absolute atomic E-state index is 13.5. The van der Waals surface area contributed by atoms with Crippen LogP contribution in [0.1, 0.15) is 38.7 Å². The second-order valence-corrected chi connectivity index (χ2v) is 6.12. The van der Waals surface area contributed by atoms with E-state index >= 15 is 0 Å². The Hall–Kier alpha value is -0.860. The van der Waals surface area contributed by atoms with Gasteiger partial charge in [-0.05, 0) is 53.5 Å². The SMILES string of the molecule is CC1(C)CCC(CO)=C(c2ccc(Cl)c(F)c2)C1. The second-order valence-electron chi connectivity index (χ2n) is 5.71. The van der Waals surface area contributed by atoms with Crippen LogP contribution in [0.25, 0.3) is 5.57 Å². The molecule has 0 fully saturated rings. The van der Waals surface area contributed by atoms with E-state index < -0.39 is 5.82 Å². The zero-order valence-corrected chi connectivity index (χ0v) is 11.5. The third kappa shape index (κ3) is 2.76. The van der Waals surface area contributed by atoms with E-state index in [2.05, 4.69) is 13.8 Å². The molecule has 18 heavy (non-hydrogen) atoms. The van der Waals surface area contributed by atoms with Crippen LogP contribution in [0, 0.1) is 11.2 Å². The molecule has 0 bridgehead atoms. The first-order valence-electron chi connectivity index (χ1n) is 6.20. The predicted octanol–water partition coefficient (Wildman–Crippen LogP) is 4.44. The summed E-state index contributed by atoms with van der Waals surface area (Å²) in [6.07, 6.45) is 2.80. The zero-order valence-electron chi connectivity index (χ0n) is 10.8. The summed E-state index contributed by atoms with van der Waals surface area (Å²) in [4.78, 5) is 0. The van der Waals surface area contributed by atoms with Gasteiger partial charge in [0, 0.05) is 0 Å². The van der Waals surface area contributed by atoms with Gasteiger partial charge in [-0.25, -0.2) is 4.39 Å². The van der Waals surface area contributed by atoms with Gasteiger partial charge in [0.05, 0.1) is 11.6 Å². The predicted molar refractivity (Wildman–Crippen MR) is 73.0 cm³/mol. The van der Waals surface area contributed by atoms with E-state index in [-0.39, 0.29) is 17.0 Å². The fraction of sp³-hybridized carbons (Fsp3) is 0.467. The van der Waals surface area contributed by atoms with Crippen LogP contribution in [0.5, 0.6) is 0 Å². The molecule has 0 amide bonds. The Bertz CT molecular complexity index is 491. The lowest BCUT2D eigenvalue weighted by Gasteiger charge is -2.33. The Balaban J connectivity index is 2.44. The highest BCUT2D eigenvalue weighted by Crippen LogP contribution is 2.43. The number of allylic oxidation sites excluding steroid dienone is 1. The van der Waals surface area contributed by atoms with Gasteiger partial charge in [0.2, 0.25) is 0 Å². The smallest absolute Gasteiger partial charge is 0.142 e. The molecule has 1 nitrogen and oxygen atoms in total. The summed E-state index contributed by atoms with van der Waals surface area (Å²) in [5.41, 5.74) is 3.14. The van der Waals surface area contributed by atoms with Crippen LogP contribution in [0.2, 0.25) is 5.02 Å². The maximum Gasteiger partial charge on any atom is 0.142 e. The highest BCUT2D eigenvalue weighted by atomic mass is 35.5. The van der Waals surface area contributed by atoms with Gasteiger partial charge in [-0.15, -0.1) is 0 Å². The van der Waals surface area contributed by atoms with Crippen molar-refractivity contribution in [1.82, 2.24) is 0 Å². The standard InChI is InChI=1S/C15H18ClFO/c1-15(2)6-5-11(9-18)12(8-15)10-3-4-13(16)14(17)7-10/h3-4,7,18H,5-6,8-9H2,1-2H3. The Labute approximate surface area is 112 Å². The van der Waals surface area contributed by atoms with E-state index in [4.69, 9.17) is 11.6 Å². The average molecular weight is 269 g/mol. The number of aliphatic hydroxyl groups is 1. The van der Waals surface area contributed by atoms with Gasteiger partial charge in [-0.1, -0.05) is 31.5 Å². The quantitative estimate of drug-likeness (QED) is 0.841. The van der Waals surface area contributed by atoms with Gasteiger partial charge < -0.3 is 5.11 Å². The first-order valence-corrected chi connectivity index (χ1v) is 6.58. The molecule has 0 radical (unpaired) electrons. The Kier molecular flexibility index (Phi) is 3.79. The van der Waals surface area contributed by atoms with Gasteiger partial charge in [-0.2, -0.15) is 0 Å². The van der Waals surface area contributed by atoms with Crippen molar-refractivity contribution in [3.63, 3.8) is 0 Å². The number of benzene rings is 1. The van der Waals surface area contributed by atoms with Gasteiger partial charge in [0.15, 0.2) is 0 Å². The molecule has 1 aromatic rings. The van der Waals surface area contributed by atoms with Crippen molar-refractivity contribution in [2.75, 3.05) is 6.61 Å². The van der Waals surface area contributed by atoms with Crippen molar-refractivity contribution in [1.29, 1.82) is 0 Å². The molecule has 1 aliphatic carbocycles. The lowest BCUT2D eigenvalue weighted by Crippen LogP contribution is -2.19. The van der Waals surface area contributed by atoms with Gasteiger partial charge >= 0.3 is 0 Å². The molecule has 0 aromatic heterocycles. The van der Waals surface area contributed by atoms with Crippen LogP contribution < -0.4 is 0 Å². The first-order chi connectivity index (χ1) is 8.43. The monoisotopic (exact) mass is 268 g/mol. The molecule has 0 spiro atoms. The number of hydrogen-bond acceptors (Lipinski definition) is 1. The Morgan fingerprint density at radius 3 is 2.72 bits per heavy atom. The maximum atomic E-state index is 13.5. The minimum absolute atomic E-state index is 0.0512. The highest BCUT2D eigenvalue weighted by molar-refractivity contribution is 6.30. The van der Waals surface area contributed by atoms with Gasteiger partial charge in [-0.3, -0.25) is 0 Å². The zero-order chi connectivity index (χ0) is 13.3. The van der Waals surface area contributed by atoms with Crippen molar-refractivity contribution >= 4 is 17.2 Å². The largest absolute Gasteiger partial charge is 0.392 e. The van der Waals surface area contributed by atoms with Crippen LogP contribution in [0.15, 0.2) is 23.8 Å². The molecule has 0 saturated heterocycles. The summed E-state index contributed by atoms with van der Waals surface area (Å²) in [5, 5.41) is 9.58. The summed E-state index contributed by atoms with van der Waals surface area (Å²) < 4.78 is 13.5. The molecule has 1 N–H and O–H groups in total. The summed E-state index contributed by atoms with van der Waals surface area (Å²) in [6, 6.07) is 4.88. The van der Waals surface area contributed by atoms with Crippen molar-refractivity contribution < 1.29 is 9.50 Å². The van der Waals surface area contributed by atoms with E-state index in [1.807, 2.05) is 6.07 Å². The van der Waals surface area contributed by atoms with Crippen molar-refractivity contribution in [2.45, 2.75) is 33.1 Å². The molecule has 0 heterocycles. The lowest BCUT2D eigenvalue weighted by molar-refractivity contribution is 0.291. The highest BCUT2D eigenvalue weighted by Gasteiger charge is 2.27. The average Bonchev–Trinajstić information content (AvgIpc) is 2.32. The van der Waals surface area contributed by atoms with Gasteiger partial charge in [0.25, 0.3) is 0 Å². The normalized spacial score (nSPS) is 19.2. The Morgan fingerprint density at radius 2 is 2.11 bits per heavy atom. The molecule has 1 aromatic carbocycles. The minimum Gasteiger partial charge on any atom is -0.392 e. The van der Waals surface area contributed by atoms with E-state index in [0.717, 1.165) is 36.0 Å². The molecule has 0 aliphatic heterocycles. The van der Waals surface area contributed by atoms with Crippen LogP contribution in [-0.2, 0) is 0 Å². The molecule has 98 valence electrons. The van der Waals surface area contributed by atoms with Crippen molar-refractivity contribution in [3.05, 3.63) is 40.2 Å². The van der Waals surface area contributed by atoms with Gasteiger partial charge in [0.1, 0.15) is 5.82 Å². The van der Waals surface area contributed by atoms with Crippen LogP contribution in [0.3, 0.4) is 0 Å². The summed E-state index contributed by atoms with van der Waals surface area (Å²) in [6.45, 7) is 4.45. The van der Waals surface area contributed by atoms with Crippen LogP contribution in [-0.4, -0.2) is 11.7 Å². The molecule has 2 rings (SSSR count). The number of halogens is 2. The van der Waals surface area contributed by atoms with E-state index in [9.17, 15) is 9.50 Å². The Morgan fingerprint density at radius 1 is 1.39 bits per heavy atom. The van der Waals surface area contributed by atoms with Crippen LogP contribution in [0.4, 0.5) is 4.39 Å². The third-order valence-electron chi connectivity index (χ3n) is 3.64. The molecular formula is C15H18ClFO. The van der Waals surface area contributed by atoms with Crippen molar-refractivity contribution in [2.24, 2.45) is 5.41 Å². The van der Waals surface area contributed by atoms with Crippen molar-refractivity contribution in [3.8, 4) is 0 Å². The molecular weight excluding hydrogens is 251 g/mol. The fourth-order valence-electron chi connectivity index (χ4n) is 2.50. The molecule has 3 heteroatoms. The topological polar surface area (TPSA) is 20.2 Å². The number of aliphatic hydroxyl groups excluding tert-OH is 1. The van der Waals surface area contributed by atoms with E-state index in [0.29, 0.717) is 0 Å². The fourth-order valence-corrected chi connectivity index (χ4v) is 2.61. The molecule has 0 unspecified atom stereocenters. The summed E-state index contributed by atoms with van der Waals surface area (Å²) in [5.74, 6) is -0.401. The first kappa shape index (κ1) is 13.6. The molecule has 0 saturated carbocycles. The third-order valence-corrected chi connectivity index (χ3v) is 3.95.